The van der Waals surface area contributed by atoms with Gasteiger partial charge < -0.3 is 4.98 Å². The summed E-state index contributed by atoms with van der Waals surface area (Å²) in [4.78, 5) is 29.6. The lowest BCUT2D eigenvalue weighted by atomic mass is 10.1. The number of fused-ring (bicyclic) bond motifs is 1. The molecule has 2 aromatic rings. The van der Waals surface area contributed by atoms with Gasteiger partial charge in [0.25, 0.3) is 11.8 Å². The molecule has 0 atom stereocenters. The van der Waals surface area contributed by atoms with Gasteiger partial charge >= 0.3 is 0 Å². The summed E-state index contributed by atoms with van der Waals surface area (Å²) in [6.45, 7) is 0. The van der Waals surface area contributed by atoms with Gasteiger partial charge in [0.1, 0.15) is 5.65 Å². The Hall–Kier alpha value is -2.43. The second kappa shape index (κ2) is 3.03. The molecule has 1 aliphatic rings. The molecular formula is C11H7N3O2. The average molecular weight is 213 g/mol. The Morgan fingerprint density at radius 3 is 2.88 bits per heavy atom. The highest BCUT2D eigenvalue weighted by Gasteiger charge is 2.24. The molecule has 3 heterocycles. The molecule has 16 heavy (non-hydrogen) atoms. The molecule has 3 rings (SSSR count). The van der Waals surface area contributed by atoms with Crippen molar-refractivity contribution in [3.05, 3.63) is 36.2 Å². The highest BCUT2D eigenvalue weighted by Crippen LogP contribution is 2.25. The van der Waals surface area contributed by atoms with Crippen molar-refractivity contribution < 1.29 is 9.59 Å². The van der Waals surface area contributed by atoms with E-state index in [1.54, 1.807) is 18.5 Å². The van der Waals surface area contributed by atoms with Gasteiger partial charge in [-0.1, -0.05) is 0 Å². The van der Waals surface area contributed by atoms with Gasteiger partial charge in [0.15, 0.2) is 0 Å². The minimum absolute atomic E-state index is 0.366. The Morgan fingerprint density at radius 1 is 1.25 bits per heavy atom. The largest absolute Gasteiger partial charge is 0.346 e. The van der Waals surface area contributed by atoms with E-state index in [0.29, 0.717) is 16.8 Å². The molecule has 2 N–H and O–H groups in total. The van der Waals surface area contributed by atoms with Crippen LogP contribution in [0, 0.1) is 0 Å². The quantitative estimate of drug-likeness (QED) is 0.681. The Balaban J connectivity index is 2.24. The summed E-state index contributed by atoms with van der Waals surface area (Å²) in [5.41, 5.74) is 1.78. The van der Waals surface area contributed by atoms with Gasteiger partial charge in [-0.25, -0.2) is 4.98 Å². The fraction of sp³-hybridized carbons (Fsp3) is 0. The molecule has 0 saturated heterocycles. The molecule has 5 nitrogen and oxygen atoms in total. The molecule has 0 spiro atoms. The number of nitrogens with one attached hydrogen (secondary N) is 2. The highest BCUT2D eigenvalue weighted by atomic mass is 16.2. The molecule has 1 aliphatic heterocycles. The van der Waals surface area contributed by atoms with Gasteiger partial charge in [-0.05, 0) is 12.1 Å². The lowest BCUT2D eigenvalue weighted by molar-refractivity contribution is -0.123. The number of rotatable bonds is 1. The lowest BCUT2D eigenvalue weighted by Gasteiger charge is -1.96. The summed E-state index contributed by atoms with van der Waals surface area (Å²) >= 11 is 0. The molecule has 0 unspecified atom stereocenters. The van der Waals surface area contributed by atoms with Gasteiger partial charge in [0, 0.05) is 29.4 Å². The van der Waals surface area contributed by atoms with Gasteiger partial charge in [-0.15, -0.1) is 0 Å². The maximum absolute atomic E-state index is 11.5. The smallest absolute Gasteiger partial charge is 0.258 e. The number of amides is 2. The van der Waals surface area contributed by atoms with E-state index in [-0.39, 0.29) is 11.8 Å². The van der Waals surface area contributed by atoms with Crippen molar-refractivity contribution in [2.45, 2.75) is 0 Å². The number of hydrogen-bond acceptors (Lipinski definition) is 3. The summed E-state index contributed by atoms with van der Waals surface area (Å²) in [5.74, 6) is -0.743. The zero-order valence-corrected chi connectivity index (χ0v) is 8.15. The second-order valence-corrected chi connectivity index (χ2v) is 3.48. The first-order chi connectivity index (χ1) is 7.75. The summed E-state index contributed by atoms with van der Waals surface area (Å²) < 4.78 is 0. The SMILES string of the molecule is O=C1C=C(c2c[nH]c3ncccc23)C(=O)N1. The molecule has 2 amide bonds. The maximum Gasteiger partial charge on any atom is 0.258 e. The van der Waals surface area contributed by atoms with Crippen LogP contribution < -0.4 is 5.32 Å². The van der Waals surface area contributed by atoms with E-state index >= 15 is 0 Å². The fourth-order valence-electron chi connectivity index (χ4n) is 1.79. The summed E-state index contributed by atoms with van der Waals surface area (Å²) in [5, 5.41) is 3.05. The van der Waals surface area contributed by atoms with Crippen LogP contribution in [0.15, 0.2) is 30.6 Å². The number of carbonyl (C=O) groups is 2. The van der Waals surface area contributed by atoms with Crippen molar-refractivity contribution in [1.29, 1.82) is 0 Å². The topological polar surface area (TPSA) is 74.8 Å². The first-order valence-electron chi connectivity index (χ1n) is 4.75. The summed E-state index contributed by atoms with van der Waals surface area (Å²) in [7, 11) is 0. The van der Waals surface area contributed by atoms with E-state index in [1.807, 2.05) is 6.07 Å². The third-order valence-corrected chi connectivity index (χ3v) is 2.50. The number of nitrogens with zero attached hydrogens (tertiary/aromatic N) is 1. The first-order valence-corrected chi connectivity index (χ1v) is 4.75. The molecule has 78 valence electrons. The molecule has 5 heteroatoms. The van der Waals surface area contributed by atoms with Crippen LogP contribution in [0.1, 0.15) is 5.56 Å². The van der Waals surface area contributed by atoms with Gasteiger partial charge in [0.2, 0.25) is 0 Å². The monoisotopic (exact) mass is 213 g/mol. The van der Waals surface area contributed by atoms with E-state index < -0.39 is 0 Å². The van der Waals surface area contributed by atoms with Crippen molar-refractivity contribution in [2.75, 3.05) is 0 Å². The number of aromatic nitrogens is 2. The number of imide groups is 1. The molecular weight excluding hydrogens is 206 g/mol. The molecule has 0 fully saturated rings. The van der Waals surface area contributed by atoms with Crippen LogP contribution in [-0.2, 0) is 9.59 Å². The van der Waals surface area contributed by atoms with E-state index in [0.717, 1.165) is 5.39 Å². The number of aromatic amines is 1. The van der Waals surface area contributed by atoms with E-state index in [2.05, 4.69) is 15.3 Å². The standard InChI is InChI=1S/C11H7N3O2/c15-9-4-7(11(16)14-9)8-5-13-10-6(8)2-1-3-12-10/h1-5H,(H,12,13)(H,14,15,16). The summed E-state index contributed by atoms with van der Waals surface area (Å²) in [6.07, 6.45) is 4.65. The normalized spacial score (nSPS) is 15.4. The van der Waals surface area contributed by atoms with E-state index in [9.17, 15) is 9.59 Å². The van der Waals surface area contributed by atoms with Crippen molar-refractivity contribution in [3.8, 4) is 0 Å². The van der Waals surface area contributed by atoms with Crippen LogP contribution in [0.2, 0.25) is 0 Å². The summed E-state index contributed by atoms with van der Waals surface area (Å²) in [6, 6.07) is 3.64. The molecule has 2 aromatic heterocycles. The van der Waals surface area contributed by atoms with E-state index in [4.69, 9.17) is 0 Å². The molecule has 0 saturated carbocycles. The van der Waals surface area contributed by atoms with Crippen LogP contribution in [0.3, 0.4) is 0 Å². The Morgan fingerprint density at radius 2 is 2.12 bits per heavy atom. The Kier molecular flexibility index (Phi) is 1.67. The Bertz CT molecular complexity index is 639. The third-order valence-electron chi connectivity index (χ3n) is 2.50. The molecule has 0 radical (unpaired) electrons. The van der Waals surface area contributed by atoms with Crippen molar-refractivity contribution in [1.82, 2.24) is 15.3 Å². The number of pyridine rings is 1. The zero-order valence-electron chi connectivity index (χ0n) is 8.15. The maximum atomic E-state index is 11.5. The highest BCUT2D eigenvalue weighted by molar-refractivity contribution is 6.35. The zero-order chi connectivity index (χ0) is 11.1. The first kappa shape index (κ1) is 8.84. The van der Waals surface area contributed by atoms with E-state index in [1.165, 1.54) is 6.08 Å². The van der Waals surface area contributed by atoms with Gasteiger partial charge in [0.05, 0.1) is 5.57 Å². The predicted octanol–water partition coefficient (Wildman–Crippen LogP) is 0.603. The molecule has 0 aliphatic carbocycles. The van der Waals surface area contributed by atoms with Crippen LogP contribution in [0.5, 0.6) is 0 Å². The van der Waals surface area contributed by atoms with Crippen LogP contribution in [-0.4, -0.2) is 21.8 Å². The minimum Gasteiger partial charge on any atom is -0.346 e. The average Bonchev–Trinajstić information content (AvgIpc) is 2.81. The van der Waals surface area contributed by atoms with Crippen LogP contribution in [0.4, 0.5) is 0 Å². The number of carbonyl (C=O) groups excluding carboxylic acids is 2. The number of H-pyrrole nitrogens is 1. The third kappa shape index (κ3) is 1.15. The second-order valence-electron chi connectivity index (χ2n) is 3.48. The van der Waals surface area contributed by atoms with Gasteiger partial charge in [-0.3, -0.25) is 14.9 Å². The van der Waals surface area contributed by atoms with Crippen molar-refractivity contribution in [2.24, 2.45) is 0 Å². The molecule has 0 bridgehead atoms. The lowest BCUT2D eigenvalue weighted by Crippen LogP contribution is -2.21. The predicted molar refractivity (Wildman–Crippen MR) is 57.2 cm³/mol. The number of hydrogen-bond donors (Lipinski definition) is 2. The fourth-order valence-corrected chi connectivity index (χ4v) is 1.79. The minimum atomic E-state index is -0.377. The van der Waals surface area contributed by atoms with Crippen molar-refractivity contribution >= 4 is 28.4 Å². The molecule has 0 aromatic carbocycles. The van der Waals surface area contributed by atoms with Crippen LogP contribution in [0.25, 0.3) is 16.6 Å². The van der Waals surface area contributed by atoms with Crippen molar-refractivity contribution in [3.63, 3.8) is 0 Å². The van der Waals surface area contributed by atoms with Gasteiger partial charge in [-0.2, -0.15) is 0 Å². The Labute approximate surface area is 90.2 Å². The van der Waals surface area contributed by atoms with Crippen LogP contribution >= 0.6 is 0 Å².